The molecule has 1 saturated carbocycles. The number of nitrogens with zero attached hydrogens (tertiary/aromatic N) is 2. The van der Waals surface area contributed by atoms with Crippen LogP contribution in [0, 0.1) is 12.8 Å². The lowest BCUT2D eigenvalue weighted by atomic mass is 9.77. The Morgan fingerprint density at radius 1 is 1.43 bits per heavy atom. The molecule has 0 aromatic carbocycles. The standard InChI is InChI=1S/C16H28N4O/c1-4-6-13-18-14(17)12(3)15(19-13)20-16(10-21)8-5-7-11(2)9-16/h11,21H,4-10H2,1-3H3,(H3,17,18,19,20). The summed E-state index contributed by atoms with van der Waals surface area (Å²) in [6.07, 6.45) is 6.12. The SMILES string of the molecule is CCCc1nc(N)c(C)c(NC2(CO)CCCC(C)C2)n1. The largest absolute Gasteiger partial charge is 0.394 e. The van der Waals surface area contributed by atoms with Gasteiger partial charge in [0.15, 0.2) is 0 Å². The van der Waals surface area contributed by atoms with Gasteiger partial charge in [-0.3, -0.25) is 0 Å². The number of aromatic nitrogens is 2. The van der Waals surface area contributed by atoms with E-state index in [0.717, 1.165) is 49.3 Å². The van der Waals surface area contributed by atoms with E-state index in [1.807, 2.05) is 6.92 Å². The van der Waals surface area contributed by atoms with Crippen LogP contribution < -0.4 is 11.1 Å². The first-order chi connectivity index (χ1) is 9.99. The van der Waals surface area contributed by atoms with Gasteiger partial charge in [-0.15, -0.1) is 0 Å². The zero-order chi connectivity index (χ0) is 15.5. The number of hydrogen-bond donors (Lipinski definition) is 3. The van der Waals surface area contributed by atoms with E-state index in [2.05, 4.69) is 29.1 Å². The number of nitrogen functional groups attached to an aromatic ring is 1. The van der Waals surface area contributed by atoms with Crippen LogP contribution >= 0.6 is 0 Å². The lowest BCUT2D eigenvalue weighted by Crippen LogP contribution is -2.46. The molecule has 118 valence electrons. The molecule has 0 amide bonds. The number of rotatable bonds is 5. The fourth-order valence-electron chi connectivity index (χ4n) is 3.25. The molecule has 1 aromatic rings. The van der Waals surface area contributed by atoms with Gasteiger partial charge in [-0.1, -0.05) is 26.7 Å². The maximum absolute atomic E-state index is 9.92. The Kier molecular flexibility index (Phi) is 5.04. The van der Waals surface area contributed by atoms with E-state index < -0.39 is 0 Å². The second-order valence-corrected chi connectivity index (χ2v) is 6.51. The first kappa shape index (κ1) is 16.0. The van der Waals surface area contributed by atoms with Gasteiger partial charge in [0.2, 0.25) is 0 Å². The molecule has 2 unspecified atom stereocenters. The van der Waals surface area contributed by atoms with Crippen molar-refractivity contribution in [3.8, 4) is 0 Å². The van der Waals surface area contributed by atoms with E-state index in [1.165, 1.54) is 6.42 Å². The van der Waals surface area contributed by atoms with Gasteiger partial charge in [0.25, 0.3) is 0 Å². The molecule has 1 aromatic heterocycles. The van der Waals surface area contributed by atoms with Crippen molar-refractivity contribution >= 4 is 11.6 Å². The Bertz CT molecular complexity index is 491. The second kappa shape index (κ2) is 6.60. The molecule has 0 spiro atoms. The van der Waals surface area contributed by atoms with Crippen LogP contribution in [0.2, 0.25) is 0 Å². The van der Waals surface area contributed by atoms with E-state index in [-0.39, 0.29) is 12.1 Å². The zero-order valence-corrected chi connectivity index (χ0v) is 13.4. The molecular weight excluding hydrogens is 264 g/mol. The average Bonchev–Trinajstić information content (AvgIpc) is 2.44. The van der Waals surface area contributed by atoms with Gasteiger partial charge in [-0.25, -0.2) is 9.97 Å². The summed E-state index contributed by atoms with van der Waals surface area (Å²) in [6.45, 7) is 6.41. The predicted octanol–water partition coefficient (Wildman–Crippen LogP) is 2.67. The topological polar surface area (TPSA) is 84.1 Å². The van der Waals surface area contributed by atoms with Crippen molar-refractivity contribution in [3.63, 3.8) is 0 Å². The highest BCUT2D eigenvalue weighted by molar-refractivity contribution is 5.56. The van der Waals surface area contributed by atoms with Crippen molar-refractivity contribution in [3.05, 3.63) is 11.4 Å². The second-order valence-electron chi connectivity index (χ2n) is 6.51. The Hall–Kier alpha value is -1.36. The molecule has 0 bridgehead atoms. The van der Waals surface area contributed by atoms with Gasteiger partial charge in [0.1, 0.15) is 17.5 Å². The zero-order valence-electron chi connectivity index (χ0n) is 13.4. The first-order valence-corrected chi connectivity index (χ1v) is 8.01. The molecule has 21 heavy (non-hydrogen) atoms. The Labute approximate surface area is 127 Å². The molecule has 2 rings (SSSR count). The third-order valence-electron chi connectivity index (χ3n) is 4.48. The molecule has 2 atom stereocenters. The van der Waals surface area contributed by atoms with Crippen LogP contribution in [0.25, 0.3) is 0 Å². The van der Waals surface area contributed by atoms with Crippen molar-refractivity contribution in [1.29, 1.82) is 0 Å². The molecule has 5 heteroatoms. The van der Waals surface area contributed by atoms with Crippen LogP contribution in [0.4, 0.5) is 11.6 Å². The summed E-state index contributed by atoms with van der Waals surface area (Å²) < 4.78 is 0. The number of nitrogens with two attached hydrogens (primary N) is 1. The molecule has 5 nitrogen and oxygen atoms in total. The molecule has 0 saturated heterocycles. The van der Waals surface area contributed by atoms with E-state index in [9.17, 15) is 5.11 Å². The number of aliphatic hydroxyl groups excluding tert-OH is 1. The average molecular weight is 292 g/mol. The van der Waals surface area contributed by atoms with Crippen molar-refractivity contribution < 1.29 is 5.11 Å². The number of aryl methyl sites for hydroxylation is 1. The summed E-state index contributed by atoms with van der Waals surface area (Å²) in [5, 5.41) is 13.4. The van der Waals surface area contributed by atoms with Crippen molar-refractivity contribution in [2.75, 3.05) is 17.7 Å². The fourth-order valence-corrected chi connectivity index (χ4v) is 3.25. The van der Waals surface area contributed by atoms with Crippen LogP contribution in [-0.2, 0) is 6.42 Å². The summed E-state index contributed by atoms with van der Waals surface area (Å²) >= 11 is 0. The monoisotopic (exact) mass is 292 g/mol. The summed E-state index contributed by atoms with van der Waals surface area (Å²) in [5.74, 6) is 2.72. The maximum Gasteiger partial charge on any atom is 0.135 e. The Morgan fingerprint density at radius 3 is 2.81 bits per heavy atom. The quantitative estimate of drug-likeness (QED) is 0.777. The maximum atomic E-state index is 9.92. The highest BCUT2D eigenvalue weighted by atomic mass is 16.3. The van der Waals surface area contributed by atoms with Crippen molar-refractivity contribution in [1.82, 2.24) is 9.97 Å². The third-order valence-corrected chi connectivity index (χ3v) is 4.48. The lowest BCUT2D eigenvalue weighted by molar-refractivity contribution is 0.149. The smallest absolute Gasteiger partial charge is 0.135 e. The van der Waals surface area contributed by atoms with Crippen LogP contribution in [0.3, 0.4) is 0 Å². The molecule has 1 fully saturated rings. The molecule has 1 aliphatic rings. The Balaban J connectivity index is 2.28. The first-order valence-electron chi connectivity index (χ1n) is 8.01. The van der Waals surface area contributed by atoms with Crippen LogP contribution in [0.5, 0.6) is 0 Å². The molecule has 1 aliphatic carbocycles. The minimum atomic E-state index is -0.271. The van der Waals surface area contributed by atoms with Gasteiger partial charge in [-0.2, -0.15) is 0 Å². The normalized spacial score (nSPS) is 25.8. The van der Waals surface area contributed by atoms with E-state index >= 15 is 0 Å². The highest BCUT2D eigenvalue weighted by Crippen LogP contribution is 2.35. The molecular formula is C16H28N4O. The van der Waals surface area contributed by atoms with Gasteiger partial charge < -0.3 is 16.2 Å². The highest BCUT2D eigenvalue weighted by Gasteiger charge is 2.35. The van der Waals surface area contributed by atoms with E-state index in [1.54, 1.807) is 0 Å². The molecule has 0 aliphatic heterocycles. The molecule has 1 heterocycles. The fraction of sp³-hybridized carbons (Fsp3) is 0.750. The van der Waals surface area contributed by atoms with Gasteiger partial charge in [0, 0.05) is 12.0 Å². The number of aliphatic hydroxyl groups is 1. The summed E-state index contributed by atoms with van der Waals surface area (Å²) in [5.41, 5.74) is 6.62. The van der Waals surface area contributed by atoms with Crippen LogP contribution in [0.1, 0.15) is 57.3 Å². The lowest BCUT2D eigenvalue weighted by Gasteiger charge is -2.40. The Morgan fingerprint density at radius 2 is 2.19 bits per heavy atom. The number of anilines is 2. The third kappa shape index (κ3) is 3.64. The minimum absolute atomic E-state index is 0.129. The van der Waals surface area contributed by atoms with E-state index in [4.69, 9.17) is 5.73 Å². The minimum Gasteiger partial charge on any atom is -0.394 e. The predicted molar refractivity (Wildman–Crippen MR) is 86.2 cm³/mol. The van der Waals surface area contributed by atoms with Gasteiger partial charge >= 0.3 is 0 Å². The summed E-state index contributed by atoms with van der Waals surface area (Å²) in [4.78, 5) is 8.97. The summed E-state index contributed by atoms with van der Waals surface area (Å²) in [7, 11) is 0. The van der Waals surface area contributed by atoms with Crippen molar-refractivity contribution in [2.45, 2.75) is 64.8 Å². The van der Waals surface area contributed by atoms with E-state index in [0.29, 0.717) is 11.7 Å². The van der Waals surface area contributed by atoms with Crippen LogP contribution in [0.15, 0.2) is 0 Å². The molecule has 4 N–H and O–H groups in total. The molecule has 0 radical (unpaired) electrons. The van der Waals surface area contributed by atoms with Gasteiger partial charge in [0.05, 0.1) is 12.1 Å². The summed E-state index contributed by atoms with van der Waals surface area (Å²) in [6, 6.07) is 0. The number of nitrogens with one attached hydrogen (secondary N) is 1. The van der Waals surface area contributed by atoms with Gasteiger partial charge in [-0.05, 0) is 32.1 Å². The van der Waals surface area contributed by atoms with Crippen molar-refractivity contribution in [2.24, 2.45) is 5.92 Å². The van der Waals surface area contributed by atoms with Crippen LogP contribution in [-0.4, -0.2) is 27.2 Å². The number of hydrogen-bond acceptors (Lipinski definition) is 5.